The van der Waals surface area contributed by atoms with Crippen molar-refractivity contribution in [2.24, 2.45) is 0 Å². The fraction of sp³-hybridized carbons (Fsp3) is 0.106. The van der Waals surface area contributed by atoms with Crippen molar-refractivity contribution in [3.05, 3.63) is 325 Å². The Labute approximate surface area is 529 Å². The van der Waals surface area contributed by atoms with Gasteiger partial charge in [-0.15, -0.1) is 0 Å². The molecule has 6 heterocycles. The largest absolute Gasteiger partial charge is 0.309 e. The third-order valence-electron chi connectivity index (χ3n) is 20.2. The third-order valence-corrected chi connectivity index (χ3v) is 20.2. The van der Waals surface area contributed by atoms with Crippen LogP contribution in [0.2, 0.25) is 0 Å². The lowest BCUT2D eigenvalue weighted by Gasteiger charge is -2.30. The van der Waals surface area contributed by atoms with Gasteiger partial charge in [0.2, 0.25) is 0 Å². The lowest BCUT2D eigenvalue weighted by Crippen LogP contribution is -2.21. The summed E-state index contributed by atoms with van der Waals surface area (Å²) in [6, 6.07) is 103. The molecule has 0 saturated carbocycles. The molecule has 91 heavy (non-hydrogen) atoms. The van der Waals surface area contributed by atoms with Gasteiger partial charge in [0.25, 0.3) is 0 Å². The molecule has 0 spiro atoms. The summed E-state index contributed by atoms with van der Waals surface area (Å²) < 4.78 is 9.51. The highest BCUT2D eigenvalue weighted by Gasteiger charge is 2.29. The lowest BCUT2D eigenvalue weighted by atomic mass is 9.74. The van der Waals surface area contributed by atoms with Crippen molar-refractivity contribution in [1.82, 2.24) is 28.2 Å². The number of fused-ring (bicyclic) bond motifs is 12. The Hall–Kier alpha value is -11.1. The van der Waals surface area contributed by atoms with E-state index < -0.39 is 0 Å². The molecule has 0 N–H and O–H groups in total. The first kappa shape index (κ1) is 54.1. The van der Waals surface area contributed by atoms with Crippen LogP contribution in [0.1, 0.15) is 74.9 Å². The molecule has 436 valence electrons. The standard InChI is InChI=1S/C85H66N6/c1-83(2,59-38-46-65(47-39-59)90-76-26-15-10-21-70(76)81-79(90)28-17-51-86-81)57-30-32-58(33-31-57)84(3,4)60-40-48-66(49-41-60)91-77-27-16-11-22-71(77)82-80(91)53-56(54-87-82)55-29-50-78-72(52-55)69-20-9-14-25-75(69)89(78)64-44-36-62(37-45-64)85(5,6)61-34-42-63(43-35-61)88-73-23-12-7-18-67(73)68-19-8-13-24-74(68)88/h7-54H,1-6H3. The zero-order valence-electron chi connectivity index (χ0n) is 51.9. The molecule has 0 unspecified atom stereocenters. The first-order valence-corrected chi connectivity index (χ1v) is 31.7. The fourth-order valence-corrected chi connectivity index (χ4v) is 14.9. The van der Waals surface area contributed by atoms with Gasteiger partial charge in [-0.25, -0.2) is 0 Å². The van der Waals surface area contributed by atoms with Crippen molar-refractivity contribution in [1.29, 1.82) is 0 Å². The van der Waals surface area contributed by atoms with Crippen LogP contribution >= 0.6 is 0 Å². The highest BCUT2D eigenvalue weighted by atomic mass is 15.0. The van der Waals surface area contributed by atoms with E-state index in [9.17, 15) is 0 Å². The molecular formula is C85H66N6. The maximum atomic E-state index is 5.26. The molecular weight excluding hydrogens is 1100 g/mol. The van der Waals surface area contributed by atoms with Crippen LogP contribution in [0.3, 0.4) is 0 Å². The average molecular weight is 1170 g/mol. The molecule has 0 saturated heterocycles. The smallest absolute Gasteiger partial charge is 0.0963 e. The van der Waals surface area contributed by atoms with Gasteiger partial charge in [-0.1, -0.05) is 211 Å². The zero-order valence-corrected chi connectivity index (χ0v) is 51.9. The molecule has 11 aromatic carbocycles. The number of para-hydroxylation sites is 5. The molecule has 6 nitrogen and oxygen atoms in total. The average Bonchev–Trinajstić information content (AvgIpc) is 1.66. The minimum Gasteiger partial charge on any atom is -0.309 e. The second-order valence-electron chi connectivity index (χ2n) is 26.3. The van der Waals surface area contributed by atoms with E-state index in [-0.39, 0.29) is 16.2 Å². The minimum absolute atomic E-state index is 0.212. The topological polar surface area (TPSA) is 45.5 Å². The number of benzene rings is 11. The molecule has 0 atom stereocenters. The van der Waals surface area contributed by atoms with Crippen LogP contribution < -0.4 is 0 Å². The van der Waals surface area contributed by atoms with E-state index in [1.54, 1.807) is 0 Å². The van der Waals surface area contributed by atoms with Gasteiger partial charge < -0.3 is 18.3 Å². The summed E-state index contributed by atoms with van der Waals surface area (Å²) in [7, 11) is 0. The number of nitrogens with zero attached hydrogens (tertiary/aromatic N) is 6. The normalized spacial score (nSPS) is 12.5. The predicted octanol–water partition coefficient (Wildman–Crippen LogP) is 21.5. The summed E-state index contributed by atoms with van der Waals surface area (Å²) in [6.07, 6.45) is 3.93. The predicted molar refractivity (Wildman–Crippen MR) is 381 cm³/mol. The van der Waals surface area contributed by atoms with Gasteiger partial charge in [-0.3, -0.25) is 9.97 Å². The maximum absolute atomic E-state index is 5.26. The molecule has 0 aliphatic rings. The Balaban J connectivity index is 0.646. The zero-order chi connectivity index (χ0) is 61.3. The summed E-state index contributed by atoms with van der Waals surface area (Å²) in [5.74, 6) is 0. The van der Waals surface area contributed by atoms with Gasteiger partial charge in [0.05, 0.1) is 55.2 Å². The summed E-state index contributed by atoms with van der Waals surface area (Å²) in [5.41, 5.74) is 24.9. The summed E-state index contributed by atoms with van der Waals surface area (Å²) in [6.45, 7) is 14.0. The van der Waals surface area contributed by atoms with E-state index in [2.05, 4.69) is 339 Å². The maximum Gasteiger partial charge on any atom is 0.0963 e. The summed E-state index contributed by atoms with van der Waals surface area (Å²) in [5, 5.41) is 7.27. The Morgan fingerprint density at radius 1 is 0.231 bits per heavy atom. The van der Waals surface area contributed by atoms with Crippen LogP contribution in [0.25, 0.3) is 121 Å². The molecule has 0 aliphatic heterocycles. The van der Waals surface area contributed by atoms with Crippen molar-refractivity contribution < 1.29 is 0 Å². The number of pyridine rings is 2. The lowest BCUT2D eigenvalue weighted by molar-refractivity contribution is 0.626. The second-order valence-corrected chi connectivity index (χ2v) is 26.3. The van der Waals surface area contributed by atoms with Gasteiger partial charge >= 0.3 is 0 Å². The van der Waals surface area contributed by atoms with E-state index in [4.69, 9.17) is 9.97 Å². The molecule has 0 amide bonds. The minimum atomic E-state index is -0.248. The molecule has 17 rings (SSSR count). The SMILES string of the molecule is CC(C)(c1ccc(-n2c3ccccc3c3ccccc32)cc1)c1ccc(-n2c3ccccc3c3cc(-c4cnc5c6ccccc6n(-c6ccc(C(C)(C)c7ccc(C(C)(C)c8ccc(-n9c%10ccccc%10c%10ncccc%109)cc8)cc7)cc6)c5c4)ccc32)cc1. The fourth-order valence-electron chi connectivity index (χ4n) is 14.9. The van der Waals surface area contributed by atoms with Crippen molar-refractivity contribution in [3.63, 3.8) is 0 Å². The highest BCUT2D eigenvalue weighted by molar-refractivity contribution is 6.12. The Morgan fingerprint density at radius 2 is 0.527 bits per heavy atom. The van der Waals surface area contributed by atoms with Crippen molar-refractivity contribution >= 4 is 87.5 Å². The quantitative estimate of drug-likeness (QED) is 0.130. The van der Waals surface area contributed by atoms with Gasteiger partial charge in [-0.2, -0.15) is 0 Å². The molecule has 17 aromatic rings. The van der Waals surface area contributed by atoms with Crippen LogP contribution in [0.15, 0.2) is 291 Å². The van der Waals surface area contributed by atoms with Crippen LogP contribution in [0.4, 0.5) is 0 Å². The van der Waals surface area contributed by atoms with Crippen LogP contribution in [0, 0.1) is 0 Å². The summed E-state index contributed by atoms with van der Waals surface area (Å²) in [4.78, 5) is 10.0. The molecule has 0 radical (unpaired) electrons. The number of aromatic nitrogens is 6. The monoisotopic (exact) mass is 1170 g/mol. The number of rotatable bonds is 11. The molecule has 6 aromatic heterocycles. The Kier molecular flexibility index (Phi) is 12.2. The van der Waals surface area contributed by atoms with Crippen LogP contribution in [0.5, 0.6) is 0 Å². The summed E-state index contributed by atoms with van der Waals surface area (Å²) >= 11 is 0. The molecule has 0 bridgehead atoms. The number of hydrogen-bond donors (Lipinski definition) is 0. The van der Waals surface area contributed by atoms with Gasteiger partial charge in [0.15, 0.2) is 0 Å². The highest BCUT2D eigenvalue weighted by Crippen LogP contribution is 2.42. The first-order chi connectivity index (χ1) is 44.4. The van der Waals surface area contributed by atoms with E-state index in [0.717, 1.165) is 77.7 Å². The van der Waals surface area contributed by atoms with Crippen LogP contribution in [-0.2, 0) is 16.2 Å². The van der Waals surface area contributed by atoms with Gasteiger partial charge in [0.1, 0.15) is 0 Å². The first-order valence-electron chi connectivity index (χ1n) is 31.7. The van der Waals surface area contributed by atoms with E-state index in [0.29, 0.717) is 0 Å². The van der Waals surface area contributed by atoms with Crippen molar-refractivity contribution in [2.45, 2.75) is 57.8 Å². The Bertz CT molecular complexity index is 5590. The molecule has 0 fully saturated rings. The van der Waals surface area contributed by atoms with Gasteiger partial charge in [-0.05, 0) is 148 Å². The number of hydrogen-bond acceptors (Lipinski definition) is 2. The third kappa shape index (κ3) is 8.46. The van der Waals surface area contributed by atoms with E-state index in [1.165, 1.54) is 77.0 Å². The van der Waals surface area contributed by atoms with E-state index in [1.807, 2.05) is 12.3 Å². The molecule has 0 aliphatic carbocycles. The van der Waals surface area contributed by atoms with Crippen molar-refractivity contribution in [2.75, 3.05) is 0 Å². The van der Waals surface area contributed by atoms with E-state index >= 15 is 0 Å². The van der Waals surface area contributed by atoms with Gasteiger partial charge in [0, 0.05) is 89.3 Å². The second kappa shape index (κ2) is 20.5. The molecule has 6 heteroatoms. The van der Waals surface area contributed by atoms with Crippen molar-refractivity contribution in [3.8, 4) is 33.9 Å². The Morgan fingerprint density at radius 3 is 0.934 bits per heavy atom. The van der Waals surface area contributed by atoms with Crippen LogP contribution in [-0.4, -0.2) is 28.2 Å².